The largest absolute Gasteiger partial charge is 0.472 e. The van der Waals surface area contributed by atoms with Crippen molar-refractivity contribution in [2.45, 2.75) is 19.1 Å². The van der Waals surface area contributed by atoms with E-state index in [-0.39, 0.29) is 12.1 Å². The van der Waals surface area contributed by atoms with Crippen molar-refractivity contribution in [3.05, 3.63) is 24.2 Å². The molecule has 1 aliphatic heterocycles. The van der Waals surface area contributed by atoms with E-state index >= 15 is 0 Å². The number of nitrogens with zero attached hydrogens (tertiary/aromatic N) is 1. The van der Waals surface area contributed by atoms with Crippen LogP contribution in [0.2, 0.25) is 0 Å². The quantitative estimate of drug-likeness (QED) is 0.577. The predicted molar refractivity (Wildman–Crippen MR) is 60.6 cm³/mol. The van der Waals surface area contributed by atoms with E-state index in [0.29, 0.717) is 0 Å². The molecule has 1 aromatic rings. The molecular formula is C11H19N3O2. The second-order valence-electron chi connectivity index (χ2n) is 4.00. The van der Waals surface area contributed by atoms with Gasteiger partial charge in [-0.3, -0.25) is 16.2 Å². The Morgan fingerprint density at radius 2 is 2.56 bits per heavy atom. The summed E-state index contributed by atoms with van der Waals surface area (Å²) in [5, 5.41) is 0. The Morgan fingerprint density at radius 1 is 1.69 bits per heavy atom. The Bertz CT molecular complexity index is 302. The van der Waals surface area contributed by atoms with E-state index in [1.165, 1.54) is 0 Å². The minimum atomic E-state index is -0.00639. The Balaban J connectivity index is 2.03. The first-order chi connectivity index (χ1) is 7.85. The SMILES string of the molecule is CCN1CCOC(C(NN)c2ccoc2)C1. The Morgan fingerprint density at radius 3 is 3.19 bits per heavy atom. The number of hydrogen-bond acceptors (Lipinski definition) is 5. The second-order valence-corrected chi connectivity index (χ2v) is 4.00. The van der Waals surface area contributed by atoms with Crippen LogP contribution in [0.3, 0.4) is 0 Å². The second kappa shape index (κ2) is 5.45. The number of morpholine rings is 1. The van der Waals surface area contributed by atoms with Crippen molar-refractivity contribution in [3.8, 4) is 0 Å². The fourth-order valence-electron chi connectivity index (χ4n) is 2.09. The Hall–Kier alpha value is -0.880. The molecule has 0 saturated carbocycles. The average molecular weight is 225 g/mol. The number of furan rings is 1. The zero-order valence-corrected chi connectivity index (χ0v) is 9.56. The predicted octanol–water partition coefficient (Wildman–Crippen LogP) is 0.505. The summed E-state index contributed by atoms with van der Waals surface area (Å²) in [7, 11) is 0. The van der Waals surface area contributed by atoms with Gasteiger partial charge in [0.2, 0.25) is 0 Å². The number of hydrogen-bond donors (Lipinski definition) is 2. The summed E-state index contributed by atoms with van der Waals surface area (Å²) < 4.78 is 10.8. The first kappa shape index (κ1) is 11.6. The van der Waals surface area contributed by atoms with Gasteiger partial charge >= 0.3 is 0 Å². The van der Waals surface area contributed by atoms with Crippen molar-refractivity contribution >= 4 is 0 Å². The summed E-state index contributed by atoms with van der Waals surface area (Å²) >= 11 is 0. The van der Waals surface area contributed by atoms with Gasteiger partial charge in [0, 0.05) is 18.7 Å². The number of ether oxygens (including phenoxy) is 1. The van der Waals surface area contributed by atoms with Gasteiger partial charge in [0.15, 0.2) is 0 Å². The topological polar surface area (TPSA) is 63.7 Å². The first-order valence-electron chi connectivity index (χ1n) is 5.67. The zero-order chi connectivity index (χ0) is 11.4. The molecule has 5 nitrogen and oxygen atoms in total. The molecule has 90 valence electrons. The van der Waals surface area contributed by atoms with E-state index in [9.17, 15) is 0 Å². The van der Waals surface area contributed by atoms with Crippen molar-refractivity contribution < 1.29 is 9.15 Å². The lowest BCUT2D eigenvalue weighted by Gasteiger charge is -2.35. The summed E-state index contributed by atoms with van der Waals surface area (Å²) in [6.07, 6.45) is 3.44. The third kappa shape index (κ3) is 2.44. The van der Waals surface area contributed by atoms with Gasteiger partial charge in [-0.1, -0.05) is 6.92 Å². The van der Waals surface area contributed by atoms with Crippen LogP contribution < -0.4 is 11.3 Å². The molecule has 2 heterocycles. The maximum atomic E-state index is 5.76. The molecule has 2 unspecified atom stereocenters. The third-order valence-electron chi connectivity index (χ3n) is 3.08. The van der Waals surface area contributed by atoms with E-state index < -0.39 is 0 Å². The zero-order valence-electron chi connectivity index (χ0n) is 9.56. The van der Waals surface area contributed by atoms with Crippen LogP contribution in [-0.4, -0.2) is 37.2 Å². The molecule has 1 fully saturated rings. The molecule has 0 aromatic carbocycles. The van der Waals surface area contributed by atoms with E-state index in [2.05, 4.69) is 17.2 Å². The molecule has 0 amide bonds. The fraction of sp³-hybridized carbons (Fsp3) is 0.636. The van der Waals surface area contributed by atoms with Crippen LogP contribution in [-0.2, 0) is 4.74 Å². The van der Waals surface area contributed by atoms with E-state index in [4.69, 9.17) is 15.0 Å². The van der Waals surface area contributed by atoms with Crippen LogP contribution in [0.25, 0.3) is 0 Å². The summed E-state index contributed by atoms with van der Waals surface area (Å²) in [6.45, 7) is 5.86. The first-order valence-corrected chi connectivity index (χ1v) is 5.67. The standard InChI is InChI=1S/C11H19N3O2/c1-2-14-4-6-16-10(7-14)11(13-12)9-3-5-15-8-9/h3,5,8,10-11,13H,2,4,6-7,12H2,1H3. The van der Waals surface area contributed by atoms with Crippen molar-refractivity contribution in [1.82, 2.24) is 10.3 Å². The maximum Gasteiger partial charge on any atom is 0.0951 e. The molecule has 0 bridgehead atoms. The smallest absolute Gasteiger partial charge is 0.0951 e. The number of hydrazine groups is 1. The molecule has 1 aliphatic rings. The van der Waals surface area contributed by atoms with E-state index in [1.54, 1.807) is 12.5 Å². The van der Waals surface area contributed by atoms with E-state index in [0.717, 1.165) is 31.8 Å². The molecule has 16 heavy (non-hydrogen) atoms. The molecule has 1 aromatic heterocycles. The lowest BCUT2D eigenvalue weighted by molar-refractivity contribution is -0.0457. The molecule has 0 aliphatic carbocycles. The maximum absolute atomic E-state index is 5.76. The minimum Gasteiger partial charge on any atom is -0.472 e. The average Bonchev–Trinajstić information content (AvgIpc) is 2.84. The molecule has 3 N–H and O–H groups in total. The van der Waals surface area contributed by atoms with Crippen LogP contribution in [0.1, 0.15) is 18.5 Å². The molecular weight excluding hydrogens is 206 g/mol. The van der Waals surface area contributed by atoms with Crippen molar-refractivity contribution in [3.63, 3.8) is 0 Å². The number of rotatable bonds is 4. The van der Waals surface area contributed by atoms with Gasteiger partial charge in [-0.2, -0.15) is 0 Å². The number of likely N-dealkylation sites (N-methyl/N-ethyl adjacent to an activating group) is 1. The van der Waals surface area contributed by atoms with Crippen molar-refractivity contribution in [2.24, 2.45) is 5.84 Å². The Kier molecular flexibility index (Phi) is 3.95. The Labute approximate surface area is 95.5 Å². The molecule has 2 atom stereocenters. The molecule has 0 radical (unpaired) electrons. The van der Waals surface area contributed by atoms with Crippen LogP contribution in [0.5, 0.6) is 0 Å². The van der Waals surface area contributed by atoms with Gasteiger partial charge in [-0.15, -0.1) is 0 Å². The third-order valence-corrected chi connectivity index (χ3v) is 3.08. The van der Waals surface area contributed by atoms with Gasteiger partial charge in [0.05, 0.1) is 31.3 Å². The van der Waals surface area contributed by atoms with Gasteiger partial charge in [-0.05, 0) is 12.6 Å². The highest BCUT2D eigenvalue weighted by molar-refractivity contribution is 5.13. The minimum absolute atomic E-state index is 0.00639. The molecule has 5 heteroatoms. The van der Waals surface area contributed by atoms with E-state index in [1.807, 2.05) is 6.07 Å². The summed E-state index contributed by atoms with van der Waals surface area (Å²) in [5.41, 5.74) is 3.84. The summed E-state index contributed by atoms with van der Waals surface area (Å²) in [4.78, 5) is 2.36. The lowest BCUT2D eigenvalue weighted by atomic mass is 10.0. The highest BCUT2D eigenvalue weighted by Crippen LogP contribution is 2.21. The highest BCUT2D eigenvalue weighted by atomic mass is 16.5. The van der Waals surface area contributed by atoms with Crippen LogP contribution in [0.15, 0.2) is 23.0 Å². The van der Waals surface area contributed by atoms with Crippen LogP contribution in [0.4, 0.5) is 0 Å². The van der Waals surface area contributed by atoms with Crippen molar-refractivity contribution in [1.29, 1.82) is 0 Å². The van der Waals surface area contributed by atoms with Crippen molar-refractivity contribution in [2.75, 3.05) is 26.2 Å². The monoisotopic (exact) mass is 225 g/mol. The van der Waals surface area contributed by atoms with Gasteiger partial charge in [-0.25, -0.2) is 0 Å². The molecule has 1 saturated heterocycles. The van der Waals surface area contributed by atoms with Crippen LogP contribution in [0, 0.1) is 0 Å². The normalized spacial score (nSPS) is 24.5. The number of nitrogens with one attached hydrogen (secondary N) is 1. The van der Waals surface area contributed by atoms with Gasteiger partial charge < -0.3 is 9.15 Å². The fourth-order valence-corrected chi connectivity index (χ4v) is 2.09. The summed E-state index contributed by atoms with van der Waals surface area (Å²) in [5.74, 6) is 5.59. The van der Waals surface area contributed by atoms with Gasteiger partial charge in [0.1, 0.15) is 0 Å². The van der Waals surface area contributed by atoms with Crippen LogP contribution >= 0.6 is 0 Å². The molecule has 0 spiro atoms. The number of nitrogens with two attached hydrogens (primary N) is 1. The lowest BCUT2D eigenvalue weighted by Crippen LogP contribution is -2.49. The molecule has 2 rings (SSSR count). The highest BCUT2D eigenvalue weighted by Gasteiger charge is 2.28. The van der Waals surface area contributed by atoms with Gasteiger partial charge in [0.25, 0.3) is 0 Å². The summed E-state index contributed by atoms with van der Waals surface area (Å²) in [6, 6.07) is 1.91.